The van der Waals surface area contributed by atoms with E-state index in [0.29, 0.717) is 17.0 Å². The second kappa shape index (κ2) is 10.5. The van der Waals surface area contributed by atoms with Gasteiger partial charge in [-0.25, -0.2) is 13.8 Å². The van der Waals surface area contributed by atoms with E-state index in [2.05, 4.69) is 33.1 Å². The molecule has 0 saturated heterocycles. The van der Waals surface area contributed by atoms with Crippen LogP contribution in [0, 0.1) is 13.7 Å². The zero-order valence-electron chi connectivity index (χ0n) is 17.4. The second-order valence-corrected chi connectivity index (χ2v) is 9.95. The van der Waals surface area contributed by atoms with Gasteiger partial charge in [0, 0.05) is 15.7 Å². The molecule has 3 rings (SSSR count). The van der Waals surface area contributed by atoms with Crippen molar-refractivity contribution in [2.75, 3.05) is 10.8 Å². The van der Waals surface area contributed by atoms with E-state index in [1.54, 1.807) is 49.4 Å². The van der Waals surface area contributed by atoms with Crippen LogP contribution in [0.4, 0.5) is 11.4 Å². The van der Waals surface area contributed by atoms with Gasteiger partial charge in [-0.05, 0) is 83.6 Å². The highest BCUT2D eigenvalue weighted by atomic mass is 127. The summed E-state index contributed by atoms with van der Waals surface area (Å²) in [7, 11) is -4.01. The standard InChI is InChI=1S/C22H19IN4O5S/c1-16(17-7-11-20(12-8-17)27(29)30)24-25-22(28)15-26(19-13-9-18(23)10-14-19)33(31,32)21-5-3-2-4-6-21/h2-14H,15H2,1H3,(H,25,28)/b24-16-. The number of nitro groups is 1. The van der Waals surface area contributed by atoms with Crippen molar-refractivity contribution in [2.24, 2.45) is 5.10 Å². The number of benzene rings is 3. The maximum Gasteiger partial charge on any atom is 0.269 e. The summed E-state index contributed by atoms with van der Waals surface area (Å²) in [4.78, 5) is 23.0. The molecule has 3 aromatic carbocycles. The maximum atomic E-state index is 13.3. The van der Waals surface area contributed by atoms with Gasteiger partial charge in [-0.15, -0.1) is 0 Å². The van der Waals surface area contributed by atoms with E-state index in [0.717, 1.165) is 7.88 Å². The van der Waals surface area contributed by atoms with Gasteiger partial charge in [0.2, 0.25) is 0 Å². The lowest BCUT2D eigenvalue weighted by Gasteiger charge is -2.23. The summed E-state index contributed by atoms with van der Waals surface area (Å²) in [6.45, 7) is 1.13. The number of halogens is 1. The second-order valence-electron chi connectivity index (χ2n) is 6.84. The van der Waals surface area contributed by atoms with Crippen molar-refractivity contribution in [3.63, 3.8) is 0 Å². The molecule has 33 heavy (non-hydrogen) atoms. The average Bonchev–Trinajstić information content (AvgIpc) is 2.82. The Kier molecular flexibility index (Phi) is 7.76. The zero-order chi connectivity index (χ0) is 24.0. The SMILES string of the molecule is C/C(=N/NC(=O)CN(c1ccc(I)cc1)S(=O)(=O)c1ccccc1)c1ccc([N+](=O)[O-])cc1. The smallest absolute Gasteiger partial charge is 0.269 e. The molecule has 0 bridgehead atoms. The van der Waals surface area contributed by atoms with Crippen molar-refractivity contribution in [3.8, 4) is 0 Å². The number of amides is 1. The van der Waals surface area contributed by atoms with Crippen LogP contribution in [-0.2, 0) is 14.8 Å². The molecule has 0 spiro atoms. The lowest BCUT2D eigenvalue weighted by Crippen LogP contribution is -2.39. The van der Waals surface area contributed by atoms with Gasteiger partial charge in [-0.2, -0.15) is 5.10 Å². The molecule has 3 aromatic rings. The predicted octanol–water partition coefficient (Wildman–Crippen LogP) is 3.94. The van der Waals surface area contributed by atoms with Crippen molar-refractivity contribution in [2.45, 2.75) is 11.8 Å². The van der Waals surface area contributed by atoms with Gasteiger partial charge in [0.05, 0.1) is 21.2 Å². The van der Waals surface area contributed by atoms with E-state index in [1.165, 1.54) is 36.4 Å². The predicted molar refractivity (Wildman–Crippen MR) is 134 cm³/mol. The minimum Gasteiger partial charge on any atom is -0.271 e. The molecule has 0 radical (unpaired) electrons. The number of hydrazone groups is 1. The number of nitro benzene ring substituents is 1. The highest BCUT2D eigenvalue weighted by Crippen LogP contribution is 2.24. The summed E-state index contributed by atoms with van der Waals surface area (Å²) >= 11 is 2.11. The first-order chi connectivity index (χ1) is 15.7. The number of rotatable bonds is 8. The fourth-order valence-electron chi connectivity index (χ4n) is 2.84. The van der Waals surface area contributed by atoms with Crippen molar-refractivity contribution in [3.05, 3.63) is 98.1 Å². The first-order valence-corrected chi connectivity index (χ1v) is 12.1. The molecular weight excluding hydrogens is 559 g/mol. The first kappa shape index (κ1) is 24.3. The third-order valence-electron chi connectivity index (χ3n) is 4.58. The normalized spacial score (nSPS) is 11.6. The van der Waals surface area contributed by atoms with E-state index in [-0.39, 0.29) is 10.6 Å². The van der Waals surface area contributed by atoms with Crippen LogP contribution in [0.25, 0.3) is 0 Å². The Hall–Kier alpha value is -3.32. The minimum atomic E-state index is -4.01. The monoisotopic (exact) mass is 578 g/mol. The third-order valence-corrected chi connectivity index (χ3v) is 7.08. The van der Waals surface area contributed by atoms with Crippen LogP contribution in [0.15, 0.2) is 88.9 Å². The fourth-order valence-corrected chi connectivity index (χ4v) is 4.64. The minimum absolute atomic E-state index is 0.0573. The average molecular weight is 578 g/mol. The summed E-state index contributed by atoms with van der Waals surface area (Å²) < 4.78 is 28.4. The van der Waals surface area contributed by atoms with Gasteiger partial charge in [0.1, 0.15) is 6.54 Å². The Labute approximate surface area is 204 Å². The lowest BCUT2D eigenvalue weighted by atomic mass is 10.1. The molecule has 0 aliphatic heterocycles. The number of nitrogens with zero attached hydrogens (tertiary/aromatic N) is 3. The highest BCUT2D eigenvalue weighted by molar-refractivity contribution is 14.1. The van der Waals surface area contributed by atoms with Crippen LogP contribution in [0.3, 0.4) is 0 Å². The molecule has 9 nitrogen and oxygen atoms in total. The van der Waals surface area contributed by atoms with E-state index < -0.39 is 27.4 Å². The van der Waals surface area contributed by atoms with Gasteiger partial charge in [0.15, 0.2) is 0 Å². The molecule has 0 atom stereocenters. The van der Waals surface area contributed by atoms with Crippen molar-refractivity contribution in [1.82, 2.24) is 5.43 Å². The van der Waals surface area contributed by atoms with E-state index in [9.17, 15) is 23.3 Å². The summed E-state index contributed by atoms with van der Waals surface area (Å²) in [6.07, 6.45) is 0. The van der Waals surface area contributed by atoms with E-state index in [1.807, 2.05) is 0 Å². The summed E-state index contributed by atoms with van der Waals surface area (Å²) in [6, 6.07) is 20.3. The molecule has 0 fully saturated rings. The number of carbonyl (C=O) groups excluding carboxylic acids is 1. The van der Waals surface area contributed by atoms with Crippen LogP contribution >= 0.6 is 22.6 Å². The first-order valence-electron chi connectivity index (χ1n) is 9.60. The van der Waals surface area contributed by atoms with E-state index in [4.69, 9.17) is 0 Å². The topological polar surface area (TPSA) is 122 Å². The van der Waals surface area contributed by atoms with Gasteiger partial charge >= 0.3 is 0 Å². The molecular formula is C22H19IN4O5S. The van der Waals surface area contributed by atoms with Crippen molar-refractivity contribution in [1.29, 1.82) is 0 Å². The zero-order valence-corrected chi connectivity index (χ0v) is 20.4. The van der Waals surface area contributed by atoms with Gasteiger partial charge in [-0.1, -0.05) is 18.2 Å². The van der Waals surface area contributed by atoms with Crippen molar-refractivity contribution < 1.29 is 18.1 Å². The van der Waals surface area contributed by atoms with Crippen LogP contribution < -0.4 is 9.73 Å². The summed E-state index contributed by atoms with van der Waals surface area (Å²) in [5.74, 6) is -0.644. The number of carbonyl (C=O) groups is 1. The van der Waals surface area contributed by atoms with E-state index >= 15 is 0 Å². The van der Waals surface area contributed by atoms with Crippen LogP contribution in [0.2, 0.25) is 0 Å². The van der Waals surface area contributed by atoms with Gasteiger partial charge < -0.3 is 0 Å². The molecule has 0 aliphatic rings. The fraction of sp³-hybridized carbons (Fsp3) is 0.0909. The maximum absolute atomic E-state index is 13.3. The molecule has 0 saturated carbocycles. The van der Waals surface area contributed by atoms with Gasteiger partial charge in [-0.3, -0.25) is 19.2 Å². The molecule has 0 aliphatic carbocycles. The van der Waals surface area contributed by atoms with Gasteiger partial charge in [0.25, 0.3) is 21.6 Å². The molecule has 1 amide bonds. The Morgan fingerprint density at radius 2 is 1.64 bits per heavy atom. The van der Waals surface area contributed by atoms with Crippen molar-refractivity contribution >= 4 is 55.6 Å². The van der Waals surface area contributed by atoms with Crippen LogP contribution in [0.1, 0.15) is 12.5 Å². The van der Waals surface area contributed by atoms with Crippen LogP contribution in [-0.4, -0.2) is 31.5 Å². The third kappa shape index (κ3) is 6.14. The number of anilines is 1. The number of sulfonamides is 1. The molecule has 11 heteroatoms. The molecule has 0 unspecified atom stereocenters. The molecule has 0 aromatic heterocycles. The molecule has 0 heterocycles. The Morgan fingerprint density at radius 1 is 1.03 bits per heavy atom. The summed E-state index contributed by atoms with van der Waals surface area (Å²) in [5, 5.41) is 14.8. The van der Waals surface area contributed by atoms with Crippen LogP contribution in [0.5, 0.6) is 0 Å². The highest BCUT2D eigenvalue weighted by Gasteiger charge is 2.27. The Morgan fingerprint density at radius 3 is 2.21 bits per heavy atom. The number of nitrogens with one attached hydrogen (secondary N) is 1. The Balaban J connectivity index is 1.82. The quantitative estimate of drug-likeness (QED) is 0.188. The number of hydrogen-bond acceptors (Lipinski definition) is 6. The molecule has 1 N–H and O–H groups in total. The summed E-state index contributed by atoms with van der Waals surface area (Å²) in [5.41, 5.74) is 3.62. The lowest BCUT2D eigenvalue weighted by molar-refractivity contribution is -0.384. The molecule has 170 valence electrons. The number of hydrogen-bond donors (Lipinski definition) is 1. The largest absolute Gasteiger partial charge is 0.271 e. The Bertz CT molecular complexity index is 1280. The number of non-ortho nitro benzene ring substituents is 1.